The van der Waals surface area contributed by atoms with Crippen molar-refractivity contribution in [1.29, 1.82) is 0 Å². The van der Waals surface area contributed by atoms with Crippen LogP contribution in [0.4, 0.5) is 0 Å². The summed E-state index contributed by atoms with van der Waals surface area (Å²) in [7, 11) is 0. The van der Waals surface area contributed by atoms with E-state index < -0.39 is 12.1 Å². The van der Waals surface area contributed by atoms with E-state index in [1.54, 1.807) is 6.20 Å². The van der Waals surface area contributed by atoms with Crippen LogP contribution < -0.4 is 16.4 Å². The van der Waals surface area contributed by atoms with Gasteiger partial charge in [0.25, 0.3) is 0 Å². The first-order valence-corrected chi connectivity index (χ1v) is 8.10. The van der Waals surface area contributed by atoms with Crippen LogP contribution in [0.25, 0.3) is 0 Å². The Kier molecular flexibility index (Phi) is 13.4. The number of hydrogen-bond acceptors (Lipinski definition) is 4. The number of carbonyl (C=O) groups excluding carboxylic acids is 2. The van der Waals surface area contributed by atoms with Crippen molar-refractivity contribution >= 4 is 36.6 Å². The zero-order valence-electron chi connectivity index (χ0n) is 15.2. The van der Waals surface area contributed by atoms with Crippen molar-refractivity contribution in [2.45, 2.75) is 52.7 Å². The SMILES string of the molecule is CC[C@H](C)[C@H](N)C(=O)N[C@H](C(=O)NCc1ccccn1)C(C)C.Cl.Cl. The zero-order chi connectivity index (χ0) is 17.4. The van der Waals surface area contributed by atoms with E-state index in [0.29, 0.717) is 6.54 Å². The summed E-state index contributed by atoms with van der Waals surface area (Å²) in [6, 6.07) is 4.30. The van der Waals surface area contributed by atoms with Crippen LogP contribution in [0.3, 0.4) is 0 Å². The summed E-state index contributed by atoms with van der Waals surface area (Å²) in [5, 5.41) is 5.58. The number of rotatable bonds is 8. The van der Waals surface area contributed by atoms with Crippen molar-refractivity contribution in [3.8, 4) is 0 Å². The van der Waals surface area contributed by atoms with Crippen LogP contribution in [-0.2, 0) is 16.1 Å². The molecular formula is C17H30Cl2N4O2. The molecule has 3 atom stereocenters. The van der Waals surface area contributed by atoms with E-state index in [9.17, 15) is 9.59 Å². The van der Waals surface area contributed by atoms with Crippen molar-refractivity contribution in [2.24, 2.45) is 17.6 Å². The highest BCUT2D eigenvalue weighted by Crippen LogP contribution is 2.08. The maximum absolute atomic E-state index is 12.4. The second kappa shape index (κ2) is 12.9. The molecule has 0 saturated carbocycles. The van der Waals surface area contributed by atoms with E-state index in [1.807, 2.05) is 45.9 Å². The molecule has 4 N–H and O–H groups in total. The quantitative estimate of drug-likeness (QED) is 0.630. The fraction of sp³-hybridized carbons (Fsp3) is 0.588. The van der Waals surface area contributed by atoms with E-state index in [0.717, 1.165) is 12.1 Å². The lowest BCUT2D eigenvalue weighted by Gasteiger charge is -2.25. The van der Waals surface area contributed by atoms with Gasteiger partial charge in [0.05, 0.1) is 18.3 Å². The predicted molar refractivity (Wildman–Crippen MR) is 105 cm³/mol. The van der Waals surface area contributed by atoms with Gasteiger partial charge in [0.1, 0.15) is 6.04 Å². The minimum Gasteiger partial charge on any atom is -0.349 e. The molecule has 144 valence electrons. The molecule has 0 saturated heterocycles. The van der Waals surface area contributed by atoms with Gasteiger partial charge in [-0.2, -0.15) is 0 Å². The molecule has 8 heteroatoms. The minimum atomic E-state index is -0.610. The lowest BCUT2D eigenvalue weighted by Crippen LogP contribution is -2.55. The number of carbonyl (C=O) groups is 2. The first-order chi connectivity index (χ1) is 10.9. The average Bonchev–Trinajstić information content (AvgIpc) is 2.56. The van der Waals surface area contributed by atoms with Crippen molar-refractivity contribution < 1.29 is 9.59 Å². The molecular weight excluding hydrogens is 363 g/mol. The molecule has 2 amide bonds. The van der Waals surface area contributed by atoms with E-state index in [2.05, 4.69) is 15.6 Å². The highest BCUT2D eigenvalue weighted by Gasteiger charge is 2.28. The summed E-state index contributed by atoms with van der Waals surface area (Å²) >= 11 is 0. The third-order valence-corrected chi connectivity index (χ3v) is 3.98. The van der Waals surface area contributed by atoms with Crippen LogP contribution in [0.5, 0.6) is 0 Å². The van der Waals surface area contributed by atoms with Gasteiger partial charge in [-0.25, -0.2) is 0 Å². The molecule has 0 aliphatic rings. The van der Waals surface area contributed by atoms with Crippen LogP contribution in [-0.4, -0.2) is 28.9 Å². The molecule has 1 aromatic heterocycles. The van der Waals surface area contributed by atoms with Gasteiger partial charge in [0.2, 0.25) is 11.8 Å². The highest BCUT2D eigenvalue weighted by atomic mass is 35.5. The third-order valence-electron chi connectivity index (χ3n) is 3.98. The molecule has 0 radical (unpaired) electrons. The molecule has 0 aliphatic heterocycles. The summed E-state index contributed by atoms with van der Waals surface area (Å²) in [5.74, 6) is -0.479. The lowest BCUT2D eigenvalue weighted by molar-refractivity contribution is -0.131. The number of hydrogen-bond donors (Lipinski definition) is 3. The Morgan fingerprint density at radius 3 is 2.28 bits per heavy atom. The fourth-order valence-corrected chi connectivity index (χ4v) is 2.09. The second-order valence-corrected chi connectivity index (χ2v) is 6.18. The van der Waals surface area contributed by atoms with Gasteiger partial charge >= 0.3 is 0 Å². The molecule has 6 nitrogen and oxygen atoms in total. The molecule has 1 aromatic rings. The van der Waals surface area contributed by atoms with E-state index in [4.69, 9.17) is 5.73 Å². The van der Waals surface area contributed by atoms with Gasteiger partial charge in [-0.15, -0.1) is 24.8 Å². The Balaban J connectivity index is 0. The molecule has 0 bridgehead atoms. The summed E-state index contributed by atoms with van der Waals surface area (Å²) in [5.41, 5.74) is 6.70. The smallest absolute Gasteiger partial charge is 0.243 e. The van der Waals surface area contributed by atoms with Crippen molar-refractivity contribution in [1.82, 2.24) is 15.6 Å². The summed E-state index contributed by atoms with van der Waals surface area (Å²) in [6.07, 6.45) is 2.49. The number of amides is 2. The number of halogens is 2. The molecule has 0 unspecified atom stereocenters. The van der Waals surface area contributed by atoms with Crippen LogP contribution in [0.2, 0.25) is 0 Å². The third kappa shape index (κ3) is 8.52. The van der Waals surface area contributed by atoms with E-state index in [-0.39, 0.29) is 48.5 Å². The predicted octanol–water partition coefficient (Wildman–Crippen LogP) is 2.06. The van der Waals surface area contributed by atoms with Gasteiger partial charge in [-0.3, -0.25) is 14.6 Å². The first kappa shape index (κ1) is 25.9. The zero-order valence-corrected chi connectivity index (χ0v) is 16.8. The van der Waals surface area contributed by atoms with E-state index in [1.165, 1.54) is 0 Å². The maximum atomic E-state index is 12.4. The Hall–Kier alpha value is -1.37. The van der Waals surface area contributed by atoms with Crippen molar-refractivity contribution in [3.63, 3.8) is 0 Å². The standard InChI is InChI=1S/C17H28N4O2.2ClH/c1-5-12(4)14(18)16(22)21-15(11(2)3)17(23)20-10-13-8-6-7-9-19-13;;/h6-9,11-12,14-15H,5,10,18H2,1-4H3,(H,20,23)(H,21,22);2*1H/t12-,14-,15-;;/m0../s1. The number of nitrogens with two attached hydrogens (primary N) is 1. The number of aromatic nitrogens is 1. The molecule has 0 aliphatic carbocycles. The number of nitrogens with one attached hydrogen (secondary N) is 2. The topological polar surface area (TPSA) is 97.1 Å². The monoisotopic (exact) mass is 392 g/mol. The largest absolute Gasteiger partial charge is 0.349 e. The Labute approximate surface area is 162 Å². The van der Waals surface area contributed by atoms with Gasteiger partial charge in [-0.1, -0.05) is 40.2 Å². The van der Waals surface area contributed by atoms with Crippen LogP contribution in [0, 0.1) is 11.8 Å². The Morgan fingerprint density at radius 1 is 1.16 bits per heavy atom. The Morgan fingerprint density at radius 2 is 1.80 bits per heavy atom. The van der Waals surface area contributed by atoms with Crippen LogP contribution in [0.1, 0.15) is 39.8 Å². The average molecular weight is 393 g/mol. The molecule has 0 fully saturated rings. The van der Waals surface area contributed by atoms with Crippen LogP contribution in [0.15, 0.2) is 24.4 Å². The molecule has 25 heavy (non-hydrogen) atoms. The second-order valence-electron chi connectivity index (χ2n) is 6.18. The molecule has 0 aromatic carbocycles. The molecule has 1 rings (SSSR count). The lowest BCUT2D eigenvalue weighted by atomic mass is 9.97. The van der Waals surface area contributed by atoms with Crippen LogP contribution >= 0.6 is 24.8 Å². The first-order valence-electron chi connectivity index (χ1n) is 8.10. The minimum absolute atomic E-state index is 0. The van der Waals surface area contributed by atoms with Gasteiger partial charge in [-0.05, 0) is 24.0 Å². The Bertz CT molecular complexity index is 515. The highest BCUT2D eigenvalue weighted by molar-refractivity contribution is 5.90. The summed E-state index contributed by atoms with van der Waals surface area (Å²) in [6.45, 7) is 8.02. The number of pyridine rings is 1. The number of nitrogens with zero attached hydrogens (tertiary/aromatic N) is 1. The maximum Gasteiger partial charge on any atom is 0.243 e. The fourth-order valence-electron chi connectivity index (χ4n) is 2.09. The summed E-state index contributed by atoms with van der Waals surface area (Å²) < 4.78 is 0. The van der Waals surface area contributed by atoms with Crippen molar-refractivity contribution in [3.05, 3.63) is 30.1 Å². The summed E-state index contributed by atoms with van der Waals surface area (Å²) in [4.78, 5) is 28.7. The van der Waals surface area contributed by atoms with Gasteiger partial charge in [0.15, 0.2) is 0 Å². The van der Waals surface area contributed by atoms with Gasteiger partial charge < -0.3 is 16.4 Å². The van der Waals surface area contributed by atoms with E-state index >= 15 is 0 Å². The molecule has 0 spiro atoms. The molecule has 1 heterocycles. The van der Waals surface area contributed by atoms with Crippen molar-refractivity contribution in [2.75, 3.05) is 0 Å². The normalized spacial score (nSPS) is 13.7. The van der Waals surface area contributed by atoms with Gasteiger partial charge in [0, 0.05) is 6.20 Å².